The van der Waals surface area contributed by atoms with Crippen molar-refractivity contribution in [2.45, 2.75) is 20.8 Å². The maximum atomic E-state index is 12.8. The molecule has 0 unspecified atom stereocenters. The van der Waals surface area contributed by atoms with Crippen molar-refractivity contribution in [2.24, 2.45) is 0 Å². The van der Waals surface area contributed by atoms with Crippen molar-refractivity contribution in [1.29, 1.82) is 0 Å². The van der Waals surface area contributed by atoms with Crippen molar-refractivity contribution in [3.05, 3.63) is 58.2 Å². The number of fused-ring (bicyclic) bond motifs is 1. The molecule has 130 valence electrons. The van der Waals surface area contributed by atoms with E-state index in [4.69, 9.17) is 4.52 Å². The average molecular weight is 364 g/mol. The van der Waals surface area contributed by atoms with E-state index < -0.39 is 0 Å². The molecule has 1 N–H and O–H groups in total. The molecule has 4 aromatic rings. The van der Waals surface area contributed by atoms with Crippen LogP contribution in [0, 0.1) is 20.8 Å². The maximum Gasteiger partial charge on any atom is 0.258 e. The van der Waals surface area contributed by atoms with Gasteiger partial charge in [-0.05, 0) is 26.8 Å². The quantitative estimate of drug-likeness (QED) is 0.578. The smallest absolute Gasteiger partial charge is 0.258 e. The molecule has 3 heterocycles. The van der Waals surface area contributed by atoms with Gasteiger partial charge < -0.3 is 4.52 Å². The Morgan fingerprint density at radius 3 is 2.65 bits per heavy atom. The van der Waals surface area contributed by atoms with Gasteiger partial charge in [0.25, 0.3) is 11.6 Å². The molecular formula is C19H16N4O2S. The van der Waals surface area contributed by atoms with Crippen LogP contribution >= 0.6 is 11.3 Å². The summed E-state index contributed by atoms with van der Waals surface area (Å²) in [4.78, 5) is 21.6. The van der Waals surface area contributed by atoms with E-state index in [-0.39, 0.29) is 5.91 Å². The van der Waals surface area contributed by atoms with Gasteiger partial charge in [-0.3, -0.25) is 10.1 Å². The molecule has 7 heteroatoms. The number of amides is 1. The number of hydrogen-bond donors (Lipinski definition) is 1. The van der Waals surface area contributed by atoms with Crippen LogP contribution in [0.5, 0.6) is 0 Å². The third-order valence-electron chi connectivity index (χ3n) is 4.06. The second-order valence-electron chi connectivity index (χ2n) is 6.12. The fraction of sp³-hybridized carbons (Fsp3) is 0.158. The van der Waals surface area contributed by atoms with E-state index in [9.17, 15) is 4.79 Å². The Morgan fingerprint density at radius 2 is 1.88 bits per heavy atom. The van der Waals surface area contributed by atoms with Gasteiger partial charge in [-0.25, -0.2) is 9.97 Å². The zero-order chi connectivity index (χ0) is 18.3. The minimum Gasteiger partial charge on any atom is -0.336 e. The zero-order valence-corrected chi connectivity index (χ0v) is 15.3. The maximum absolute atomic E-state index is 12.8. The number of nitrogens with one attached hydrogen (secondary N) is 1. The second kappa shape index (κ2) is 6.34. The van der Waals surface area contributed by atoms with Gasteiger partial charge in [-0.15, -0.1) is 11.3 Å². The normalized spacial score (nSPS) is 11.0. The van der Waals surface area contributed by atoms with E-state index in [1.54, 1.807) is 13.0 Å². The van der Waals surface area contributed by atoms with Crippen LogP contribution in [0.1, 0.15) is 27.3 Å². The van der Waals surface area contributed by atoms with Crippen LogP contribution < -0.4 is 5.32 Å². The molecule has 0 aliphatic carbocycles. The lowest BCUT2D eigenvalue weighted by molar-refractivity contribution is 0.102. The Hall–Kier alpha value is -3.06. The van der Waals surface area contributed by atoms with E-state index in [1.165, 1.54) is 16.9 Å². The van der Waals surface area contributed by atoms with Gasteiger partial charge in [0.1, 0.15) is 0 Å². The molecular weight excluding hydrogens is 348 g/mol. The van der Waals surface area contributed by atoms with E-state index in [1.807, 2.05) is 43.5 Å². The minimum absolute atomic E-state index is 0.253. The molecule has 1 amide bonds. The molecule has 0 atom stereocenters. The summed E-state index contributed by atoms with van der Waals surface area (Å²) in [7, 11) is 0. The molecule has 0 radical (unpaired) electrons. The largest absolute Gasteiger partial charge is 0.336 e. The summed E-state index contributed by atoms with van der Waals surface area (Å²) < 4.78 is 5.19. The summed E-state index contributed by atoms with van der Waals surface area (Å²) in [5.74, 6) is -0.253. The predicted octanol–water partition coefficient (Wildman–Crippen LogP) is 4.52. The lowest BCUT2D eigenvalue weighted by atomic mass is 10.1. The summed E-state index contributed by atoms with van der Waals surface area (Å²) in [6, 6.07) is 9.85. The molecule has 26 heavy (non-hydrogen) atoms. The van der Waals surface area contributed by atoms with Crippen LogP contribution in [-0.2, 0) is 0 Å². The first-order valence-corrected chi connectivity index (χ1v) is 8.97. The van der Waals surface area contributed by atoms with Crippen molar-refractivity contribution in [3.8, 4) is 11.3 Å². The van der Waals surface area contributed by atoms with Crippen LogP contribution in [0.4, 0.5) is 5.13 Å². The first kappa shape index (κ1) is 16.4. The number of aromatic nitrogens is 3. The van der Waals surface area contributed by atoms with Gasteiger partial charge in [0.05, 0.1) is 22.3 Å². The molecule has 0 saturated carbocycles. The molecule has 0 bridgehead atoms. The first-order valence-electron chi connectivity index (χ1n) is 8.09. The minimum atomic E-state index is -0.253. The zero-order valence-electron chi connectivity index (χ0n) is 14.5. The van der Waals surface area contributed by atoms with Crippen LogP contribution in [-0.4, -0.2) is 21.0 Å². The number of rotatable bonds is 3. The number of carbonyl (C=O) groups excluding carboxylic acids is 1. The molecule has 6 nitrogen and oxygen atoms in total. The van der Waals surface area contributed by atoms with Crippen molar-refractivity contribution >= 4 is 33.5 Å². The van der Waals surface area contributed by atoms with Crippen molar-refractivity contribution in [1.82, 2.24) is 15.1 Å². The van der Waals surface area contributed by atoms with Crippen LogP contribution in [0.15, 0.2) is 40.2 Å². The van der Waals surface area contributed by atoms with Gasteiger partial charge in [-0.2, -0.15) is 0 Å². The van der Waals surface area contributed by atoms with Crippen LogP contribution in [0.25, 0.3) is 22.4 Å². The average Bonchev–Trinajstić information content (AvgIpc) is 3.22. The highest BCUT2D eigenvalue weighted by molar-refractivity contribution is 7.14. The number of anilines is 1. The number of pyridine rings is 1. The van der Waals surface area contributed by atoms with Gasteiger partial charge >= 0.3 is 0 Å². The van der Waals surface area contributed by atoms with Crippen molar-refractivity contribution in [2.75, 3.05) is 5.32 Å². The Morgan fingerprint density at radius 1 is 1.12 bits per heavy atom. The number of aryl methyl sites for hydroxylation is 3. The SMILES string of the molecule is Cc1ccc(-c2csc(NC(=O)c3cc(C)nc4onc(C)c34)n2)cc1. The van der Waals surface area contributed by atoms with E-state index in [0.717, 1.165) is 11.3 Å². The topological polar surface area (TPSA) is 80.9 Å². The molecule has 4 rings (SSSR count). The Balaban J connectivity index is 1.63. The fourth-order valence-electron chi connectivity index (χ4n) is 2.75. The van der Waals surface area contributed by atoms with Crippen molar-refractivity contribution in [3.63, 3.8) is 0 Å². The molecule has 1 aromatic carbocycles. The van der Waals surface area contributed by atoms with E-state index in [2.05, 4.69) is 20.4 Å². The van der Waals surface area contributed by atoms with Gasteiger partial charge in [-0.1, -0.05) is 35.0 Å². The summed E-state index contributed by atoms with van der Waals surface area (Å²) in [6.45, 7) is 5.64. The highest BCUT2D eigenvalue weighted by Gasteiger charge is 2.19. The molecule has 3 aromatic heterocycles. The highest BCUT2D eigenvalue weighted by atomic mass is 32.1. The predicted molar refractivity (Wildman–Crippen MR) is 102 cm³/mol. The second-order valence-corrected chi connectivity index (χ2v) is 6.98. The molecule has 0 spiro atoms. The number of benzene rings is 1. The van der Waals surface area contributed by atoms with Crippen LogP contribution in [0.3, 0.4) is 0 Å². The lowest BCUT2D eigenvalue weighted by Gasteiger charge is -2.04. The summed E-state index contributed by atoms with van der Waals surface area (Å²) >= 11 is 1.39. The Bertz CT molecular complexity index is 1110. The third kappa shape index (κ3) is 2.97. The molecule has 0 aliphatic heterocycles. The molecule has 0 saturated heterocycles. The summed E-state index contributed by atoms with van der Waals surface area (Å²) in [5, 5.41) is 9.88. The van der Waals surface area contributed by atoms with Gasteiger partial charge in [0.15, 0.2) is 5.13 Å². The lowest BCUT2D eigenvalue weighted by Crippen LogP contribution is -2.13. The number of nitrogens with zero attached hydrogens (tertiary/aromatic N) is 3. The summed E-state index contributed by atoms with van der Waals surface area (Å²) in [5.41, 5.74) is 5.23. The first-order chi connectivity index (χ1) is 12.5. The van der Waals surface area contributed by atoms with Crippen molar-refractivity contribution < 1.29 is 9.32 Å². The Kier molecular flexibility index (Phi) is 4.00. The fourth-order valence-corrected chi connectivity index (χ4v) is 3.46. The Labute approximate surface area is 153 Å². The number of thiazole rings is 1. The van der Waals surface area contributed by atoms with Crippen LogP contribution in [0.2, 0.25) is 0 Å². The standard InChI is InChI=1S/C19H16N4O2S/c1-10-4-6-13(7-5-10)15-9-26-19(21-15)22-17(24)14-8-11(2)20-18-16(14)12(3)23-25-18/h4-9H,1-3H3,(H,21,22,24). The van der Waals surface area contributed by atoms with Gasteiger partial charge in [0, 0.05) is 16.6 Å². The molecule has 0 aliphatic rings. The number of carbonyl (C=O) groups is 1. The third-order valence-corrected chi connectivity index (χ3v) is 4.82. The van der Waals surface area contributed by atoms with Gasteiger partial charge in [0.2, 0.25) is 0 Å². The monoisotopic (exact) mass is 364 g/mol. The summed E-state index contributed by atoms with van der Waals surface area (Å²) in [6.07, 6.45) is 0. The van der Waals surface area contributed by atoms with E-state index in [0.29, 0.717) is 33.2 Å². The molecule has 0 fully saturated rings. The highest BCUT2D eigenvalue weighted by Crippen LogP contribution is 2.27. The number of hydrogen-bond acceptors (Lipinski definition) is 6. The van der Waals surface area contributed by atoms with E-state index >= 15 is 0 Å².